The molecule has 2 N–H and O–H groups in total. The van der Waals surface area contributed by atoms with Crippen LogP contribution < -0.4 is 0 Å². The van der Waals surface area contributed by atoms with E-state index in [1.807, 2.05) is 0 Å². The minimum absolute atomic E-state index is 0.321. The van der Waals surface area contributed by atoms with Gasteiger partial charge in [0, 0.05) is 13.0 Å². The normalized spacial score (nSPS) is 11.5. The van der Waals surface area contributed by atoms with Crippen LogP contribution in [0.15, 0.2) is 24.3 Å². The summed E-state index contributed by atoms with van der Waals surface area (Å²) in [7, 11) is 0. The van der Waals surface area contributed by atoms with Gasteiger partial charge in [0.15, 0.2) is 0 Å². The summed E-state index contributed by atoms with van der Waals surface area (Å²) in [4.78, 5) is 10.2. The lowest BCUT2D eigenvalue weighted by Crippen LogP contribution is -1.93. The van der Waals surface area contributed by atoms with Crippen molar-refractivity contribution in [2.45, 2.75) is 98.3 Å². The largest absolute Gasteiger partial charge is 0.481 e. The van der Waals surface area contributed by atoms with Crippen molar-refractivity contribution in [3.63, 3.8) is 0 Å². The van der Waals surface area contributed by atoms with Crippen LogP contribution in [-0.4, -0.2) is 22.8 Å². The van der Waals surface area contributed by atoms with Crippen molar-refractivity contribution in [2.75, 3.05) is 6.61 Å². The lowest BCUT2D eigenvalue weighted by Gasteiger charge is -1.97. The summed E-state index contributed by atoms with van der Waals surface area (Å²) in [5, 5.41) is 16.9. The van der Waals surface area contributed by atoms with Gasteiger partial charge in [-0.3, -0.25) is 4.79 Å². The molecule has 0 heterocycles. The van der Waals surface area contributed by atoms with Gasteiger partial charge < -0.3 is 10.2 Å². The number of rotatable bonds is 15. The zero-order valence-electron chi connectivity index (χ0n) is 17.8. The van der Waals surface area contributed by atoms with E-state index in [4.69, 9.17) is 10.2 Å². The zero-order chi connectivity index (χ0) is 20.0. The molecule has 26 heavy (non-hydrogen) atoms. The number of hydrogen-bond acceptors (Lipinski definition) is 2. The van der Waals surface area contributed by atoms with Gasteiger partial charge in [0.2, 0.25) is 0 Å². The zero-order valence-corrected chi connectivity index (χ0v) is 17.8. The Morgan fingerprint density at radius 3 is 1.54 bits per heavy atom. The number of carboxylic acids is 1. The summed E-state index contributed by atoms with van der Waals surface area (Å²) in [5.74, 6) is 0.647. The average molecular weight is 369 g/mol. The maximum Gasteiger partial charge on any atom is 0.303 e. The minimum atomic E-state index is -0.676. The summed E-state index contributed by atoms with van der Waals surface area (Å²) in [6.45, 7) is 9.08. The number of carboxylic acid groups (broad SMARTS) is 1. The number of carbonyl (C=O) groups is 1. The van der Waals surface area contributed by atoms with Gasteiger partial charge in [-0.1, -0.05) is 77.7 Å². The molecule has 0 bridgehead atoms. The van der Waals surface area contributed by atoms with Gasteiger partial charge in [-0.05, 0) is 50.4 Å². The second kappa shape index (κ2) is 22.0. The number of aliphatic carboxylic acids is 1. The van der Waals surface area contributed by atoms with Crippen molar-refractivity contribution >= 4 is 5.97 Å². The Bertz CT molecular complexity index is 343. The predicted octanol–water partition coefficient (Wildman–Crippen LogP) is 6.77. The van der Waals surface area contributed by atoms with Crippen LogP contribution in [0.1, 0.15) is 98.3 Å². The van der Waals surface area contributed by atoms with E-state index in [1.165, 1.54) is 32.1 Å². The summed E-state index contributed by atoms with van der Waals surface area (Å²) < 4.78 is 0. The first kappa shape index (κ1) is 27.1. The highest BCUT2D eigenvalue weighted by molar-refractivity contribution is 5.66. The third-order valence-corrected chi connectivity index (χ3v) is 3.83. The van der Waals surface area contributed by atoms with Gasteiger partial charge in [0.1, 0.15) is 0 Å². The fourth-order valence-electron chi connectivity index (χ4n) is 2.36. The van der Waals surface area contributed by atoms with Crippen molar-refractivity contribution in [3.8, 4) is 0 Å². The first-order valence-corrected chi connectivity index (χ1v) is 10.6. The summed E-state index contributed by atoms with van der Waals surface area (Å²) >= 11 is 0. The van der Waals surface area contributed by atoms with Crippen LogP contribution in [-0.2, 0) is 4.79 Å². The van der Waals surface area contributed by atoms with E-state index >= 15 is 0 Å². The molecule has 0 aliphatic rings. The van der Waals surface area contributed by atoms with E-state index in [0.29, 0.717) is 24.9 Å². The lowest BCUT2D eigenvalue weighted by molar-refractivity contribution is -0.137. The Hall–Kier alpha value is -1.09. The Labute approximate surface area is 162 Å². The molecule has 0 radical (unpaired) electrons. The van der Waals surface area contributed by atoms with Crippen LogP contribution in [0.3, 0.4) is 0 Å². The molecule has 3 nitrogen and oxygen atoms in total. The first-order valence-electron chi connectivity index (χ1n) is 10.6. The minimum Gasteiger partial charge on any atom is -0.481 e. The van der Waals surface area contributed by atoms with Crippen LogP contribution >= 0.6 is 0 Å². The molecule has 0 fully saturated rings. The molecule has 0 unspecified atom stereocenters. The molecule has 0 saturated carbocycles. The molecule has 0 amide bonds. The Balaban J connectivity index is 0. The number of aliphatic hydroxyl groups is 1. The van der Waals surface area contributed by atoms with E-state index in [0.717, 1.165) is 32.1 Å². The fraction of sp³-hybridized carbons (Fsp3) is 0.783. The number of aliphatic hydroxyl groups excluding tert-OH is 1. The van der Waals surface area contributed by atoms with E-state index in [-0.39, 0.29) is 0 Å². The third-order valence-electron chi connectivity index (χ3n) is 3.83. The van der Waals surface area contributed by atoms with Crippen molar-refractivity contribution in [1.82, 2.24) is 0 Å². The Kier molecular flexibility index (Phi) is 22.9. The highest BCUT2D eigenvalue weighted by atomic mass is 16.4. The van der Waals surface area contributed by atoms with Crippen molar-refractivity contribution in [2.24, 2.45) is 11.8 Å². The van der Waals surface area contributed by atoms with E-state index < -0.39 is 5.97 Å². The van der Waals surface area contributed by atoms with Crippen LogP contribution in [0.5, 0.6) is 0 Å². The molecule has 0 aromatic carbocycles. The Morgan fingerprint density at radius 2 is 1.15 bits per heavy atom. The van der Waals surface area contributed by atoms with Gasteiger partial charge in [-0.15, -0.1) is 0 Å². The highest BCUT2D eigenvalue weighted by Crippen LogP contribution is 2.07. The number of allylic oxidation sites excluding steroid dienone is 4. The van der Waals surface area contributed by atoms with E-state index in [2.05, 4.69) is 52.0 Å². The quantitative estimate of drug-likeness (QED) is 0.248. The maximum atomic E-state index is 10.2. The molecule has 0 aliphatic heterocycles. The monoisotopic (exact) mass is 368 g/mol. The van der Waals surface area contributed by atoms with Gasteiger partial charge in [0.25, 0.3) is 0 Å². The fourth-order valence-corrected chi connectivity index (χ4v) is 2.36. The van der Waals surface area contributed by atoms with E-state index in [9.17, 15) is 4.79 Å². The average Bonchev–Trinajstić information content (AvgIpc) is 2.56. The molecule has 0 saturated heterocycles. The van der Waals surface area contributed by atoms with Crippen molar-refractivity contribution in [1.29, 1.82) is 0 Å². The second-order valence-corrected chi connectivity index (χ2v) is 7.62. The molecule has 0 aliphatic carbocycles. The lowest BCUT2D eigenvalue weighted by atomic mass is 10.1. The topological polar surface area (TPSA) is 57.5 Å². The van der Waals surface area contributed by atoms with Crippen LogP contribution in [0, 0.1) is 11.8 Å². The van der Waals surface area contributed by atoms with Crippen molar-refractivity contribution in [3.05, 3.63) is 24.3 Å². The van der Waals surface area contributed by atoms with Crippen LogP contribution in [0.25, 0.3) is 0 Å². The molecule has 154 valence electrons. The van der Waals surface area contributed by atoms with Crippen LogP contribution in [0.4, 0.5) is 0 Å². The molecular formula is C23H44O3. The van der Waals surface area contributed by atoms with Gasteiger partial charge in [-0.2, -0.15) is 0 Å². The second-order valence-electron chi connectivity index (χ2n) is 7.62. The molecule has 0 rings (SSSR count). The highest BCUT2D eigenvalue weighted by Gasteiger charge is 1.95. The number of hydrogen-bond donors (Lipinski definition) is 2. The number of unbranched alkanes of at least 4 members (excludes halogenated alkanes) is 8. The van der Waals surface area contributed by atoms with Gasteiger partial charge >= 0.3 is 5.97 Å². The summed E-state index contributed by atoms with van der Waals surface area (Å²) in [5.41, 5.74) is 0. The standard InChI is InChI=1S/C12H22O2.C11H22O/c1-11(2)9-7-5-3-4-6-8-10-12(13)14;1-11(2)9-7-5-3-4-6-8-10-12/h7,9,11H,3-6,8,10H2,1-2H3,(H,13,14);7,9,11-12H,3-6,8,10H2,1-2H3/b2*9-7+. The van der Waals surface area contributed by atoms with Crippen LogP contribution in [0.2, 0.25) is 0 Å². The maximum absolute atomic E-state index is 10.2. The molecule has 0 spiro atoms. The molecule has 0 atom stereocenters. The smallest absolute Gasteiger partial charge is 0.303 e. The first-order chi connectivity index (χ1) is 12.4. The summed E-state index contributed by atoms with van der Waals surface area (Å²) in [6.07, 6.45) is 20.5. The molecule has 0 aromatic rings. The molecule has 3 heteroatoms. The predicted molar refractivity (Wildman–Crippen MR) is 113 cm³/mol. The third kappa shape index (κ3) is 30.8. The van der Waals surface area contributed by atoms with Gasteiger partial charge in [-0.25, -0.2) is 0 Å². The SMILES string of the molecule is CC(C)/C=C/CCCCCCC(=O)O.CC(C)/C=C/CCCCCCO. The van der Waals surface area contributed by atoms with Crippen molar-refractivity contribution < 1.29 is 15.0 Å². The molecular weight excluding hydrogens is 324 g/mol. The Morgan fingerprint density at radius 1 is 0.731 bits per heavy atom. The summed E-state index contributed by atoms with van der Waals surface area (Å²) in [6, 6.07) is 0. The van der Waals surface area contributed by atoms with E-state index in [1.54, 1.807) is 0 Å². The van der Waals surface area contributed by atoms with Gasteiger partial charge in [0.05, 0.1) is 0 Å². The molecule has 0 aromatic heterocycles.